The average Bonchev–Trinajstić information content (AvgIpc) is 3.03. The third-order valence-corrected chi connectivity index (χ3v) is 5.49. The van der Waals surface area contributed by atoms with Crippen molar-refractivity contribution in [1.82, 2.24) is 4.98 Å². The van der Waals surface area contributed by atoms with Crippen LogP contribution in [0.15, 0.2) is 24.3 Å². The fraction of sp³-hybridized carbons (Fsp3) is 0.545. The monoisotopic (exact) mass is 401 g/mol. The number of β-amino-alcohol motifs (C(OH)–C–C–N with tert-alkyl or cyclic N) is 2. The van der Waals surface area contributed by atoms with Gasteiger partial charge in [-0.15, -0.1) is 0 Å². The smallest absolute Gasteiger partial charge is 0.323 e. The lowest BCUT2D eigenvalue weighted by atomic mass is 10.0. The molecule has 29 heavy (non-hydrogen) atoms. The van der Waals surface area contributed by atoms with Crippen molar-refractivity contribution >= 4 is 28.4 Å². The summed E-state index contributed by atoms with van der Waals surface area (Å²) in [7, 11) is 1.69. The Hall–Kier alpha value is -2.38. The molecule has 1 saturated heterocycles. The third-order valence-electron chi connectivity index (χ3n) is 5.49. The molecule has 7 heteroatoms. The Morgan fingerprint density at radius 3 is 2.69 bits per heavy atom. The summed E-state index contributed by atoms with van der Waals surface area (Å²) in [5.74, 6) is -2.08. The topological polar surface area (TPSA) is 97.1 Å². The third kappa shape index (κ3) is 5.36. The number of benzene rings is 1. The molecule has 3 N–H and O–H groups in total. The maximum Gasteiger partial charge on any atom is 0.323 e. The molecule has 0 amide bonds. The Balaban J connectivity index is 1.97. The molecule has 2 heterocycles. The first-order valence-corrected chi connectivity index (χ1v) is 10.4. The summed E-state index contributed by atoms with van der Waals surface area (Å²) in [6.07, 6.45) is 6.07. The minimum absolute atomic E-state index is 0.120. The van der Waals surface area contributed by atoms with Gasteiger partial charge in [0.1, 0.15) is 12.4 Å². The number of carbonyl (C=O) groups is 1. The lowest BCUT2D eigenvalue weighted by Crippen LogP contribution is -2.32. The molecule has 2 aromatic rings. The van der Waals surface area contributed by atoms with E-state index in [1.54, 1.807) is 11.9 Å². The Bertz CT molecular complexity index is 869. The summed E-state index contributed by atoms with van der Waals surface area (Å²) in [5, 5.41) is 30.1. The van der Waals surface area contributed by atoms with Crippen LogP contribution >= 0.6 is 0 Å². The van der Waals surface area contributed by atoms with E-state index < -0.39 is 11.8 Å². The van der Waals surface area contributed by atoms with E-state index in [4.69, 9.17) is 5.11 Å². The summed E-state index contributed by atoms with van der Waals surface area (Å²) >= 11 is 0. The van der Waals surface area contributed by atoms with Crippen molar-refractivity contribution in [1.29, 1.82) is 0 Å². The van der Waals surface area contributed by atoms with Crippen LogP contribution in [0.4, 0.5) is 11.5 Å². The maximum absolute atomic E-state index is 11.1. The van der Waals surface area contributed by atoms with Gasteiger partial charge in [-0.3, -0.25) is 4.79 Å². The lowest BCUT2D eigenvalue weighted by Gasteiger charge is -2.24. The van der Waals surface area contributed by atoms with E-state index in [1.165, 1.54) is 24.8 Å². The Kier molecular flexibility index (Phi) is 6.59. The molecule has 1 aliphatic heterocycles. The second kappa shape index (κ2) is 8.97. The summed E-state index contributed by atoms with van der Waals surface area (Å²) in [4.78, 5) is 19.3. The summed E-state index contributed by atoms with van der Waals surface area (Å²) in [6, 6.07) is 8.05. The van der Waals surface area contributed by atoms with Crippen LogP contribution in [0, 0.1) is 0 Å². The normalized spacial score (nSPS) is 15.8. The molecular weight excluding hydrogens is 370 g/mol. The molecule has 1 aromatic carbocycles. The van der Waals surface area contributed by atoms with Gasteiger partial charge < -0.3 is 25.1 Å². The number of rotatable bonds is 9. The fourth-order valence-electron chi connectivity index (χ4n) is 3.88. The van der Waals surface area contributed by atoms with Crippen LogP contribution in [0.2, 0.25) is 0 Å². The van der Waals surface area contributed by atoms with Crippen LogP contribution in [0.25, 0.3) is 10.9 Å². The predicted molar refractivity (Wildman–Crippen MR) is 114 cm³/mol. The highest BCUT2D eigenvalue weighted by Gasteiger charge is 2.34. The van der Waals surface area contributed by atoms with Gasteiger partial charge in [-0.25, -0.2) is 4.98 Å². The van der Waals surface area contributed by atoms with Crippen molar-refractivity contribution in [3.05, 3.63) is 29.8 Å². The summed E-state index contributed by atoms with van der Waals surface area (Å²) in [6.45, 7) is 2.69. The molecule has 158 valence electrons. The van der Waals surface area contributed by atoms with E-state index >= 15 is 0 Å². The number of hydrogen-bond acceptors (Lipinski definition) is 6. The largest absolute Gasteiger partial charge is 0.480 e. The fourth-order valence-corrected chi connectivity index (χ4v) is 3.88. The maximum atomic E-state index is 11.1. The van der Waals surface area contributed by atoms with E-state index in [2.05, 4.69) is 24.0 Å². The van der Waals surface area contributed by atoms with Crippen LogP contribution in [0.5, 0.6) is 0 Å². The number of carboxylic acids is 1. The van der Waals surface area contributed by atoms with Gasteiger partial charge in [-0.1, -0.05) is 32.3 Å². The molecule has 3 rings (SSSR count). The summed E-state index contributed by atoms with van der Waals surface area (Å²) in [5.41, 5.74) is 2.88. The highest BCUT2D eigenvalue weighted by Crippen LogP contribution is 2.34. The Morgan fingerprint density at radius 2 is 2.03 bits per heavy atom. The van der Waals surface area contributed by atoms with Gasteiger partial charge in [0.15, 0.2) is 5.79 Å². The number of nitrogens with zero attached hydrogens (tertiary/aromatic N) is 3. The molecule has 0 aliphatic carbocycles. The van der Waals surface area contributed by atoms with Crippen LogP contribution in [-0.2, 0) is 11.2 Å². The predicted octanol–water partition coefficient (Wildman–Crippen LogP) is 2.77. The average molecular weight is 402 g/mol. The zero-order chi connectivity index (χ0) is 21.0. The zero-order valence-corrected chi connectivity index (χ0v) is 17.3. The second-order valence-corrected chi connectivity index (χ2v) is 8.07. The van der Waals surface area contributed by atoms with Crippen LogP contribution in [-0.4, -0.2) is 58.7 Å². The number of likely N-dealkylation sites (N-methyl/N-ethyl adjacent to an activating group) is 1. The number of aryl methyl sites for hydroxylation is 1. The van der Waals surface area contributed by atoms with Gasteiger partial charge in [0.25, 0.3) is 0 Å². The molecule has 1 fully saturated rings. The molecule has 0 unspecified atom stereocenters. The number of aliphatic hydroxyl groups is 2. The van der Waals surface area contributed by atoms with Crippen molar-refractivity contribution in [2.45, 2.75) is 51.2 Å². The van der Waals surface area contributed by atoms with Gasteiger partial charge in [0, 0.05) is 31.5 Å². The van der Waals surface area contributed by atoms with Gasteiger partial charge in [-0.05, 0) is 30.5 Å². The van der Waals surface area contributed by atoms with E-state index in [0.29, 0.717) is 12.4 Å². The van der Waals surface area contributed by atoms with Crippen molar-refractivity contribution in [2.24, 2.45) is 0 Å². The van der Waals surface area contributed by atoms with Crippen LogP contribution in [0.1, 0.15) is 44.6 Å². The van der Waals surface area contributed by atoms with Gasteiger partial charge >= 0.3 is 5.97 Å². The minimum Gasteiger partial charge on any atom is -0.480 e. The zero-order valence-electron chi connectivity index (χ0n) is 17.3. The SMILES string of the molecule is CCCCCCc1ccc2nc(N(C)CC(=O)O)cc(N3CCC(O)(O)C3)c2c1. The summed E-state index contributed by atoms with van der Waals surface area (Å²) < 4.78 is 0. The molecule has 0 bridgehead atoms. The molecule has 0 atom stereocenters. The number of aromatic nitrogens is 1. The van der Waals surface area contributed by atoms with E-state index in [1.807, 2.05) is 17.0 Å². The number of anilines is 2. The number of pyridine rings is 1. The molecule has 7 nitrogen and oxygen atoms in total. The van der Waals surface area contributed by atoms with Crippen molar-refractivity contribution < 1.29 is 20.1 Å². The van der Waals surface area contributed by atoms with Gasteiger partial charge in [0.05, 0.1) is 17.7 Å². The highest BCUT2D eigenvalue weighted by molar-refractivity contribution is 5.94. The Morgan fingerprint density at radius 1 is 1.24 bits per heavy atom. The number of fused-ring (bicyclic) bond motifs is 1. The molecule has 1 aliphatic rings. The number of carboxylic acid groups (broad SMARTS) is 1. The van der Waals surface area contributed by atoms with Crippen molar-refractivity contribution in [3.63, 3.8) is 0 Å². The lowest BCUT2D eigenvalue weighted by molar-refractivity contribution is -0.140. The molecule has 0 radical (unpaired) electrons. The van der Waals surface area contributed by atoms with Crippen molar-refractivity contribution in [3.8, 4) is 0 Å². The Labute approximate surface area is 171 Å². The number of hydrogen-bond donors (Lipinski definition) is 3. The minimum atomic E-state index is -1.71. The van der Waals surface area contributed by atoms with E-state index in [-0.39, 0.29) is 19.5 Å². The molecular formula is C22H31N3O4. The van der Waals surface area contributed by atoms with Crippen LogP contribution < -0.4 is 9.80 Å². The van der Waals surface area contributed by atoms with Crippen LogP contribution in [0.3, 0.4) is 0 Å². The number of unbranched alkanes of at least 4 members (excludes halogenated alkanes) is 3. The first kappa shape index (κ1) is 21.3. The standard InChI is InChI=1S/C22H31N3O4/c1-3-4-5-6-7-16-8-9-18-17(12-16)19(25-11-10-22(28,29)15-25)13-20(23-18)24(2)14-21(26)27/h8-9,12-13,28-29H,3-7,10-11,14-15H2,1-2H3,(H,26,27). The molecule has 0 spiro atoms. The first-order chi connectivity index (χ1) is 13.8. The number of aliphatic carboxylic acids is 1. The first-order valence-electron chi connectivity index (χ1n) is 10.4. The van der Waals surface area contributed by atoms with E-state index in [9.17, 15) is 15.0 Å². The van der Waals surface area contributed by atoms with Gasteiger partial charge in [0.2, 0.25) is 0 Å². The molecule has 0 saturated carbocycles. The molecule has 1 aromatic heterocycles. The second-order valence-electron chi connectivity index (χ2n) is 8.07. The highest BCUT2D eigenvalue weighted by atomic mass is 16.5. The van der Waals surface area contributed by atoms with Gasteiger partial charge in [-0.2, -0.15) is 0 Å². The van der Waals surface area contributed by atoms with E-state index in [0.717, 1.165) is 29.4 Å². The quantitative estimate of drug-likeness (QED) is 0.439. The van der Waals surface area contributed by atoms with Crippen molar-refractivity contribution in [2.75, 3.05) is 36.5 Å².